The van der Waals surface area contributed by atoms with Crippen molar-refractivity contribution in [2.45, 2.75) is 50.6 Å². The number of alkyl halides is 9. The van der Waals surface area contributed by atoms with Crippen LogP contribution in [-0.2, 0) is 0 Å². The summed E-state index contributed by atoms with van der Waals surface area (Å²) in [6, 6.07) is 0. The van der Waals surface area contributed by atoms with Crippen LogP contribution < -0.4 is 0 Å². The van der Waals surface area contributed by atoms with Gasteiger partial charge in [-0.1, -0.05) is 6.92 Å². The topological polar surface area (TPSA) is 0 Å². The SMILES string of the molecule is CCC(F)(F)C(F)=C(C=C(F)C(F)(F)CC(C)(F)F)C(F)(F)F. The summed E-state index contributed by atoms with van der Waals surface area (Å²) in [6.07, 6.45) is -11.1. The van der Waals surface area contributed by atoms with Gasteiger partial charge < -0.3 is 0 Å². The molecule has 0 bridgehead atoms. The van der Waals surface area contributed by atoms with E-state index in [0.29, 0.717) is 6.92 Å². The molecule has 23 heavy (non-hydrogen) atoms. The summed E-state index contributed by atoms with van der Waals surface area (Å²) >= 11 is 0. The highest BCUT2D eigenvalue weighted by atomic mass is 19.4. The first-order valence-corrected chi connectivity index (χ1v) is 5.92. The van der Waals surface area contributed by atoms with Gasteiger partial charge in [-0.3, -0.25) is 0 Å². The van der Waals surface area contributed by atoms with Crippen LogP contribution in [0.25, 0.3) is 0 Å². The second kappa shape index (κ2) is 6.68. The molecule has 0 aliphatic heterocycles. The largest absolute Gasteiger partial charge is 0.419 e. The van der Waals surface area contributed by atoms with Gasteiger partial charge in [0.05, 0.1) is 12.0 Å². The molecule has 0 unspecified atom stereocenters. The normalized spacial score (nSPS) is 16.5. The standard InChI is InChI=1S/C12H11F11/c1-3-10(17,18)8(14)6(12(21,22)23)4-7(13)11(19,20)5-9(2,15)16/h4H,3,5H2,1-2H3. The van der Waals surface area contributed by atoms with Gasteiger partial charge in [-0.25, -0.2) is 17.6 Å². The summed E-state index contributed by atoms with van der Waals surface area (Å²) in [4.78, 5) is 0. The van der Waals surface area contributed by atoms with Crippen LogP contribution in [0, 0.1) is 0 Å². The van der Waals surface area contributed by atoms with Gasteiger partial charge >= 0.3 is 12.1 Å². The number of halogens is 11. The molecule has 0 radical (unpaired) electrons. The number of rotatable bonds is 6. The Bertz CT molecular complexity index is 476. The molecule has 0 amide bonds. The fraction of sp³-hybridized carbons (Fsp3) is 0.667. The third-order valence-corrected chi connectivity index (χ3v) is 2.46. The van der Waals surface area contributed by atoms with Crippen LogP contribution in [-0.4, -0.2) is 23.9 Å². The highest BCUT2D eigenvalue weighted by molar-refractivity contribution is 5.33. The Hall–Kier alpha value is -1.29. The summed E-state index contributed by atoms with van der Waals surface area (Å²) in [5.41, 5.74) is -3.00. The van der Waals surface area contributed by atoms with E-state index in [-0.39, 0.29) is 6.92 Å². The van der Waals surface area contributed by atoms with E-state index in [1.165, 1.54) is 0 Å². The average Bonchev–Trinajstić information content (AvgIpc) is 2.30. The summed E-state index contributed by atoms with van der Waals surface area (Å²) in [7, 11) is 0. The van der Waals surface area contributed by atoms with Crippen molar-refractivity contribution < 1.29 is 48.3 Å². The summed E-state index contributed by atoms with van der Waals surface area (Å²) in [5, 5.41) is 0. The minimum Gasteiger partial charge on any atom is -0.207 e. The minimum atomic E-state index is -5.94. The molecule has 0 aliphatic carbocycles. The summed E-state index contributed by atoms with van der Waals surface area (Å²) < 4.78 is 141. The van der Waals surface area contributed by atoms with Gasteiger partial charge in [0.1, 0.15) is 0 Å². The van der Waals surface area contributed by atoms with Gasteiger partial charge in [0, 0.05) is 6.42 Å². The van der Waals surface area contributed by atoms with Crippen LogP contribution in [0.4, 0.5) is 48.3 Å². The van der Waals surface area contributed by atoms with Gasteiger partial charge in [0.15, 0.2) is 11.7 Å². The fourth-order valence-corrected chi connectivity index (χ4v) is 1.33. The van der Waals surface area contributed by atoms with Crippen LogP contribution in [0.5, 0.6) is 0 Å². The minimum absolute atomic E-state index is 0.0550. The molecule has 0 aromatic heterocycles. The molecule has 0 saturated heterocycles. The van der Waals surface area contributed by atoms with Crippen molar-refractivity contribution >= 4 is 0 Å². The molecule has 0 saturated carbocycles. The summed E-state index contributed by atoms with van der Waals surface area (Å²) in [5.74, 6) is -20.2. The fourth-order valence-electron chi connectivity index (χ4n) is 1.33. The zero-order valence-electron chi connectivity index (χ0n) is 11.6. The second-order valence-electron chi connectivity index (χ2n) is 4.73. The number of allylic oxidation sites excluding steroid dienone is 4. The van der Waals surface area contributed by atoms with Crippen LogP contribution >= 0.6 is 0 Å². The van der Waals surface area contributed by atoms with Crippen molar-refractivity contribution in [3.8, 4) is 0 Å². The van der Waals surface area contributed by atoms with Gasteiger partial charge in [-0.05, 0) is 13.0 Å². The maximum absolute atomic E-state index is 13.2. The molecule has 0 N–H and O–H groups in total. The number of hydrogen-bond acceptors (Lipinski definition) is 0. The van der Waals surface area contributed by atoms with Crippen LogP contribution in [0.1, 0.15) is 26.7 Å². The van der Waals surface area contributed by atoms with Gasteiger partial charge in [-0.15, -0.1) is 0 Å². The first kappa shape index (κ1) is 21.7. The quantitative estimate of drug-likeness (QED) is 0.380. The van der Waals surface area contributed by atoms with Crippen LogP contribution in [0.15, 0.2) is 23.3 Å². The Labute approximate surface area is 123 Å². The van der Waals surface area contributed by atoms with E-state index in [0.717, 1.165) is 0 Å². The molecule has 0 fully saturated rings. The molecule has 0 spiro atoms. The van der Waals surface area contributed by atoms with E-state index in [9.17, 15) is 48.3 Å². The zero-order chi connectivity index (χ0) is 18.9. The maximum atomic E-state index is 13.2. The van der Waals surface area contributed by atoms with E-state index < -0.39 is 60.1 Å². The predicted octanol–water partition coefficient (Wildman–Crippen LogP) is 6.35. The van der Waals surface area contributed by atoms with Crippen molar-refractivity contribution in [3.05, 3.63) is 23.3 Å². The molecule has 0 aromatic carbocycles. The molecule has 136 valence electrons. The van der Waals surface area contributed by atoms with Crippen molar-refractivity contribution in [2.75, 3.05) is 0 Å². The van der Waals surface area contributed by atoms with Crippen LogP contribution in [0.3, 0.4) is 0 Å². The lowest BCUT2D eigenvalue weighted by Crippen LogP contribution is -2.28. The molecule has 0 heterocycles. The van der Waals surface area contributed by atoms with Gasteiger partial charge in [0.2, 0.25) is 0 Å². The van der Waals surface area contributed by atoms with Crippen molar-refractivity contribution in [2.24, 2.45) is 0 Å². The average molecular weight is 364 g/mol. The van der Waals surface area contributed by atoms with E-state index in [2.05, 4.69) is 0 Å². The lowest BCUT2D eigenvalue weighted by atomic mass is 10.0. The Morgan fingerprint density at radius 3 is 1.57 bits per heavy atom. The molecular formula is C12H11F11. The predicted molar refractivity (Wildman–Crippen MR) is 58.8 cm³/mol. The van der Waals surface area contributed by atoms with Gasteiger partial charge in [-0.2, -0.15) is 30.7 Å². The smallest absolute Gasteiger partial charge is 0.207 e. The monoisotopic (exact) mass is 364 g/mol. The van der Waals surface area contributed by atoms with E-state index in [4.69, 9.17) is 0 Å². The molecule has 0 aliphatic rings. The molecule has 0 nitrogen and oxygen atoms in total. The molecule has 0 aromatic rings. The summed E-state index contributed by atoms with van der Waals surface area (Å²) in [6.45, 7) is 0.542. The third-order valence-electron chi connectivity index (χ3n) is 2.46. The molecular weight excluding hydrogens is 353 g/mol. The third kappa shape index (κ3) is 6.38. The molecule has 0 atom stereocenters. The van der Waals surface area contributed by atoms with Crippen molar-refractivity contribution in [1.29, 1.82) is 0 Å². The first-order valence-electron chi connectivity index (χ1n) is 5.92. The van der Waals surface area contributed by atoms with Crippen molar-refractivity contribution in [3.63, 3.8) is 0 Å². The first-order chi connectivity index (χ1) is 9.94. The molecule has 0 rings (SSSR count). The highest BCUT2D eigenvalue weighted by Crippen LogP contribution is 2.42. The Kier molecular flexibility index (Phi) is 6.30. The molecule has 11 heteroatoms. The van der Waals surface area contributed by atoms with Gasteiger partial charge in [0.25, 0.3) is 11.8 Å². The maximum Gasteiger partial charge on any atom is 0.419 e. The number of hydrogen-bond donors (Lipinski definition) is 0. The van der Waals surface area contributed by atoms with E-state index in [1.807, 2.05) is 0 Å². The Morgan fingerprint density at radius 2 is 1.26 bits per heavy atom. The lowest BCUT2D eigenvalue weighted by molar-refractivity contribution is -0.0982. The van der Waals surface area contributed by atoms with E-state index in [1.54, 1.807) is 0 Å². The zero-order valence-corrected chi connectivity index (χ0v) is 11.6. The van der Waals surface area contributed by atoms with Crippen LogP contribution in [0.2, 0.25) is 0 Å². The highest BCUT2D eigenvalue weighted by Gasteiger charge is 2.48. The Balaban J connectivity index is 6.05. The second-order valence-corrected chi connectivity index (χ2v) is 4.73. The van der Waals surface area contributed by atoms with Crippen molar-refractivity contribution in [1.82, 2.24) is 0 Å². The van der Waals surface area contributed by atoms with E-state index >= 15 is 0 Å². The lowest BCUT2D eigenvalue weighted by Gasteiger charge is -2.20. The Morgan fingerprint density at radius 1 is 0.826 bits per heavy atom.